The molecule has 28 heavy (non-hydrogen) atoms. The average molecular weight is 406 g/mol. The number of nitrogens with one attached hydrogen (secondary N) is 1. The summed E-state index contributed by atoms with van der Waals surface area (Å²) >= 11 is 0. The summed E-state index contributed by atoms with van der Waals surface area (Å²) in [5, 5.41) is 2.82. The summed E-state index contributed by atoms with van der Waals surface area (Å²) < 4.78 is 32.2. The number of rotatable bonds is 9. The number of ether oxygens (including phenoxy) is 1. The van der Waals surface area contributed by atoms with Crippen molar-refractivity contribution in [3.63, 3.8) is 0 Å². The number of sulfonamides is 1. The summed E-state index contributed by atoms with van der Waals surface area (Å²) in [7, 11) is 3.16. The molecule has 0 spiro atoms. The van der Waals surface area contributed by atoms with E-state index in [1.165, 1.54) is 23.5 Å². The predicted molar refractivity (Wildman–Crippen MR) is 111 cm³/mol. The summed E-state index contributed by atoms with van der Waals surface area (Å²) in [5.41, 5.74) is 0.813. The molecular formula is C20H27N3O4S. The highest BCUT2D eigenvalue weighted by molar-refractivity contribution is 7.92. The molecule has 0 unspecified atom stereocenters. The molecule has 0 aromatic heterocycles. The lowest BCUT2D eigenvalue weighted by atomic mass is 10.2. The minimum Gasteiger partial charge on any atom is -0.497 e. The molecule has 0 radical (unpaired) electrons. The minimum atomic E-state index is -3.80. The molecule has 8 heteroatoms. The van der Waals surface area contributed by atoms with Gasteiger partial charge in [0.15, 0.2) is 0 Å². The fraction of sp³-hybridized carbons (Fsp3) is 0.350. The van der Waals surface area contributed by atoms with Crippen LogP contribution >= 0.6 is 0 Å². The van der Waals surface area contributed by atoms with Crippen molar-refractivity contribution in [2.45, 2.75) is 11.3 Å². The quantitative estimate of drug-likeness (QED) is 0.647. The summed E-state index contributed by atoms with van der Waals surface area (Å²) in [5.74, 6) is 0.352. The van der Waals surface area contributed by atoms with Gasteiger partial charge in [-0.1, -0.05) is 6.07 Å². The molecule has 2 rings (SSSR count). The normalized spacial score (nSPS) is 11.3. The van der Waals surface area contributed by atoms with Crippen LogP contribution in [0.4, 0.5) is 5.69 Å². The first-order chi connectivity index (χ1) is 13.3. The van der Waals surface area contributed by atoms with Gasteiger partial charge in [-0.3, -0.25) is 9.10 Å². The van der Waals surface area contributed by atoms with E-state index in [0.717, 1.165) is 13.0 Å². The lowest BCUT2D eigenvalue weighted by Crippen LogP contribution is -2.28. The summed E-state index contributed by atoms with van der Waals surface area (Å²) in [6, 6.07) is 12.8. The van der Waals surface area contributed by atoms with Gasteiger partial charge in [-0.15, -0.1) is 0 Å². The number of benzene rings is 2. The molecule has 0 saturated carbocycles. The van der Waals surface area contributed by atoms with E-state index in [4.69, 9.17) is 4.74 Å². The second kappa shape index (κ2) is 9.57. The summed E-state index contributed by atoms with van der Waals surface area (Å²) in [6.45, 7) is 1.39. The third-order valence-electron chi connectivity index (χ3n) is 4.26. The number of hydrogen-bond donors (Lipinski definition) is 1. The van der Waals surface area contributed by atoms with Crippen LogP contribution in [0.25, 0.3) is 0 Å². The van der Waals surface area contributed by atoms with Gasteiger partial charge in [-0.25, -0.2) is 8.42 Å². The second-order valence-corrected chi connectivity index (χ2v) is 8.58. The molecule has 0 aliphatic rings. The lowest BCUT2D eigenvalue weighted by molar-refractivity contribution is 0.0952. The Morgan fingerprint density at radius 1 is 1.07 bits per heavy atom. The first kappa shape index (κ1) is 21.7. The molecule has 1 N–H and O–H groups in total. The van der Waals surface area contributed by atoms with Gasteiger partial charge in [0.2, 0.25) is 0 Å². The highest BCUT2D eigenvalue weighted by atomic mass is 32.2. The Kier molecular flexibility index (Phi) is 7.42. The molecular weight excluding hydrogens is 378 g/mol. The van der Waals surface area contributed by atoms with E-state index in [1.807, 2.05) is 19.0 Å². The number of anilines is 1. The first-order valence-electron chi connectivity index (χ1n) is 8.91. The van der Waals surface area contributed by atoms with Crippen molar-refractivity contribution in [3.8, 4) is 5.75 Å². The molecule has 0 heterocycles. The van der Waals surface area contributed by atoms with Crippen molar-refractivity contribution in [3.05, 3.63) is 54.1 Å². The maximum atomic E-state index is 13.0. The Hall–Kier alpha value is -2.58. The Morgan fingerprint density at radius 2 is 1.75 bits per heavy atom. The Balaban J connectivity index is 2.15. The minimum absolute atomic E-state index is 0.0618. The molecule has 0 aliphatic carbocycles. The third-order valence-corrected chi connectivity index (χ3v) is 6.04. The molecule has 0 aliphatic heterocycles. The van der Waals surface area contributed by atoms with E-state index in [0.29, 0.717) is 23.5 Å². The standard InChI is InChI=1S/C20H27N3O4S/c1-22(2)14-6-13-21-20(24)16-7-5-8-19(15-16)28(25,26)23(3)17-9-11-18(27-4)12-10-17/h5,7-12,15H,6,13-14H2,1-4H3,(H,21,24). The van der Waals surface area contributed by atoms with Crippen molar-refractivity contribution in [1.82, 2.24) is 10.2 Å². The SMILES string of the molecule is COc1ccc(N(C)S(=O)(=O)c2cccc(C(=O)NCCCN(C)C)c2)cc1. The number of methoxy groups -OCH3 is 1. The Morgan fingerprint density at radius 3 is 2.36 bits per heavy atom. The predicted octanol–water partition coefficient (Wildman–Crippen LogP) is 2.20. The maximum Gasteiger partial charge on any atom is 0.264 e. The maximum absolute atomic E-state index is 13.0. The molecule has 1 amide bonds. The van der Waals surface area contributed by atoms with Crippen molar-refractivity contribution in [2.75, 3.05) is 45.6 Å². The largest absolute Gasteiger partial charge is 0.497 e. The number of carbonyl (C=O) groups is 1. The zero-order valence-electron chi connectivity index (χ0n) is 16.7. The van der Waals surface area contributed by atoms with E-state index in [9.17, 15) is 13.2 Å². The molecule has 0 bridgehead atoms. The van der Waals surface area contributed by atoms with Crippen LogP contribution in [-0.2, 0) is 10.0 Å². The van der Waals surface area contributed by atoms with Crippen molar-refractivity contribution in [2.24, 2.45) is 0 Å². The van der Waals surface area contributed by atoms with Gasteiger partial charge in [-0.2, -0.15) is 0 Å². The van der Waals surface area contributed by atoms with Crippen LogP contribution in [0.3, 0.4) is 0 Å². The molecule has 0 fully saturated rings. The first-order valence-corrected chi connectivity index (χ1v) is 10.4. The van der Waals surface area contributed by atoms with Gasteiger partial charge >= 0.3 is 0 Å². The molecule has 152 valence electrons. The number of nitrogens with zero attached hydrogens (tertiary/aromatic N) is 2. The summed E-state index contributed by atoms with van der Waals surface area (Å²) in [6.07, 6.45) is 0.816. The lowest BCUT2D eigenvalue weighted by Gasteiger charge is -2.20. The van der Waals surface area contributed by atoms with Crippen LogP contribution in [0.5, 0.6) is 5.75 Å². The average Bonchev–Trinajstić information content (AvgIpc) is 2.70. The molecule has 0 saturated heterocycles. The number of hydrogen-bond acceptors (Lipinski definition) is 5. The van der Waals surface area contributed by atoms with E-state index >= 15 is 0 Å². The number of amides is 1. The van der Waals surface area contributed by atoms with Gasteiger partial charge < -0.3 is 15.0 Å². The van der Waals surface area contributed by atoms with Gasteiger partial charge in [0.05, 0.1) is 17.7 Å². The van der Waals surface area contributed by atoms with Gasteiger partial charge in [0.1, 0.15) is 5.75 Å². The zero-order valence-corrected chi connectivity index (χ0v) is 17.5. The van der Waals surface area contributed by atoms with E-state index in [-0.39, 0.29) is 10.8 Å². The van der Waals surface area contributed by atoms with Crippen LogP contribution in [0.2, 0.25) is 0 Å². The molecule has 2 aromatic rings. The van der Waals surface area contributed by atoms with Gasteiger partial charge in [-0.05, 0) is 69.5 Å². The van der Waals surface area contributed by atoms with Crippen LogP contribution < -0.4 is 14.4 Å². The van der Waals surface area contributed by atoms with E-state index < -0.39 is 10.0 Å². The summed E-state index contributed by atoms with van der Waals surface area (Å²) in [4.78, 5) is 14.4. The van der Waals surface area contributed by atoms with Crippen molar-refractivity contribution >= 4 is 21.6 Å². The van der Waals surface area contributed by atoms with E-state index in [2.05, 4.69) is 5.32 Å². The smallest absolute Gasteiger partial charge is 0.264 e. The topological polar surface area (TPSA) is 78.9 Å². The van der Waals surface area contributed by atoms with Gasteiger partial charge in [0, 0.05) is 19.2 Å². The highest BCUT2D eigenvalue weighted by Crippen LogP contribution is 2.24. The Bertz CT molecular complexity index is 896. The fourth-order valence-corrected chi connectivity index (χ4v) is 3.83. The second-order valence-electron chi connectivity index (χ2n) is 6.61. The van der Waals surface area contributed by atoms with E-state index in [1.54, 1.807) is 43.5 Å². The highest BCUT2D eigenvalue weighted by Gasteiger charge is 2.22. The monoisotopic (exact) mass is 405 g/mol. The molecule has 2 aromatic carbocycles. The van der Waals surface area contributed by atoms with Crippen LogP contribution in [0, 0.1) is 0 Å². The molecule has 0 atom stereocenters. The molecule has 7 nitrogen and oxygen atoms in total. The van der Waals surface area contributed by atoms with Crippen molar-refractivity contribution < 1.29 is 17.9 Å². The Labute approximate surface area is 167 Å². The van der Waals surface area contributed by atoms with Gasteiger partial charge in [0.25, 0.3) is 15.9 Å². The van der Waals surface area contributed by atoms with Crippen molar-refractivity contribution in [1.29, 1.82) is 0 Å². The van der Waals surface area contributed by atoms with Crippen LogP contribution in [0.1, 0.15) is 16.8 Å². The van der Waals surface area contributed by atoms with Crippen LogP contribution in [0.15, 0.2) is 53.4 Å². The van der Waals surface area contributed by atoms with Crippen LogP contribution in [-0.4, -0.2) is 60.6 Å². The third kappa shape index (κ3) is 5.46. The fourth-order valence-electron chi connectivity index (χ4n) is 2.59. The zero-order chi connectivity index (χ0) is 20.7. The number of carbonyl (C=O) groups excluding carboxylic acids is 1.